The number of nitrogens with zero attached hydrogens (tertiary/aromatic N) is 2. The Morgan fingerprint density at radius 1 is 1.37 bits per heavy atom. The molecule has 2 unspecified atom stereocenters. The molecule has 19 heavy (non-hydrogen) atoms. The Kier molecular flexibility index (Phi) is 5.11. The molecule has 2 atom stereocenters. The summed E-state index contributed by atoms with van der Waals surface area (Å²) in [6.07, 6.45) is 2.02. The molecule has 0 saturated carbocycles. The van der Waals surface area contributed by atoms with Gasteiger partial charge in [0.25, 0.3) is 0 Å². The lowest BCUT2D eigenvalue weighted by atomic mass is 10.2. The number of aromatic nitrogens is 1. The van der Waals surface area contributed by atoms with E-state index in [9.17, 15) is 0 Å². The fraction of sp³-hybridized carbons (Fsp3) is 0.667. The van der Waals surface area contributed by atoms with Gasteiger partial charge in [0.15, 0.2) is 0 Å². The maximum absolute atomic E-state index is 4.70. The van der Waals surface area contributed by atoms with Crippen LogP contribution in [0.1, 0.15) is 31.9 Å². The van der Waals surface area contributed by atoms with Crippen molar-refractivity contribution in [2.75, 3.05) is 24.5 Å². The van der Waals surface area contributed by atoms with Crippen LogP contribution in [0.5, 0.6) is 0 Å². The predicted octanol–water partition coefficient (Wildman–Crippen LogP) is 2.83. The minimum absolute atomic E-state index is 0.686. The summed E-state index contributed by atoms with van der Waals surface area (Å²) in [5.74, 6) is 1.17. The Balaban J connectivity index is 2.11. The molecule has 1 aliphatic heterocycles. The predicted molar refractivity (Wildman–Crippen MR) is 85.1 cm³/mol. The molecule has 2 heterocycles. The van der Waals surface area contributed by atoms with Gasteiger partial charge in [-0.1, -0.05) is 20.8 Å². The Labute approximate surface area is 121 Å². The van der Waals surface area contributed by atoms with Gasteiger partial charge in [-0.3, -0.25) is 0 Å². The average Bonchev–Trinajstić information content (AvgIpc) is 2.35. The number of pyridine rings is 1. The first-order valence-electron chi connectivity index (χ1n) is 7.16. The highest BCUT2D eigenvalue weighted by molar-refractivity contribution is 8.00. The summed E-state index contributed by atoms with van der Waals surface area (Å²) in [6, 6.07) is 2.27. The summed E-state index contributed by atoms with van der Waals surface area (Å²) in [4.78, 5) is 7.14. The smallest absolute Gasteiger partial charge is 0.131 e. The molecule has 3 nitrogen and oxygen atoms in total. The van der Waals surface area contributed by atoms with Crippen LogP contribution in [0.3, 0.4) is 0 Å². The molecule has 1 aliphatic rings. The molecule has 1 aromatic rings. The molecule has 0 spiro atoms. The van der Waals surface area contributed by atoms with Crippen molar-refractivity contribution in [3.8, 4) is 0 Å². The first kappa shape index (κ1) is 14.7. The highest BCUT2D eigenvalue weighted by Gasteiger charge is 2.24. The Morgan fingerprint density at radius 2 is 2.05 bits per heavy atom. The molecule has 1 aromatic heterocycles. The molecule has 0 aromatic carbocycles. The zero-order valence-electron chi connectivity index (χ0n) is 12.4. The Morgan fingerprint density at radius 3 is 2.63 bits per heavy atom. The molecular weight excluding hydrogens is 254 g/mol. The van der Waals surface area contributed by atoms with E-state index in [-0.39, 0.29) is 0 Å². The van der Waals surface area contributed by atoms with Crippen molar-refractivity contribution < 1.29 is 0 Å². The van der Waals surface area contributed by atoms with Crippen LogP contribution >= 0.6 is 11.8 Å². The highest BCUT2D eigenvalue weighted by Crippen LogP contribution is 2.29. The van der Waals surface area contributed by atoms with Gasteiger partial charge in [0, 0.05) is 36.3 Å². The van der Waals surface area contributed by atoms with Crippen LogP contribution in [-0.2, 0) is 6.54 Å². The second-order valence-electron chi connectivity index (χ2n) is 5.43. The summed E-state index contributed by atoms with van der Waals surface area (Å²) in [6.45, 7) is 13.0. The minimum atomic E-state index is 0.686. The van der Waals surface area contributed by atoms with Gasteiger partial charge in [-0.15, -0.1) is 0 Å². The van der Waals surface area contributed by atoms with Crippen LogP contribution in [0.25, 0.3) is 0 Å². The van der Waals surface area contributed by atoms with Crippen molar-refractivity contribution in [1.29, 1.82) is 0 Å². The van der Waals surface area contributed by atoms with Crippen LogP contribution in [-0.4, -0.2) is 35.1 Å². The van der Waals surface area contributed by atoms with Gasteiger partial charge in [-0.05, 0) is 30.7 Å². The van der Waals surface area contributed by atoms with E-state index in [0.717, 1.165) is 26.2 Å². The number of rotatable bonds is 4. The zero-order chi connectivity index (χ0) is 13.8. The van der Waals surface area contributed by atoms with Gasteiger partial charge in [0.05, 0.1) is 0 Å². The summed E-state index contributed by atoms with van der Waals surface area (Å²) in [5, 5.41) is 4.72. The Hall–Kier alpha value is -0.740. The molecule has 2 rings (SSSR count). The molecule has 0 radical (unpaired) electrons. The van der Waals surface area contributed by atoms with Crippen LogP contribution < -0.4 is 10.2 Å². The van der Waals surface area contributed by atoms with Crippen LogP contribution in [0.2, 0.25) is 0 Å². The zero-order valence-corrected chi connectivity index (χ0v) is 13.3. The van der Waals surface area contributed by atoms with Gasteiger partial charge in [-0.25, -0.2) is 4.98 Å². The summed E-state index contributed by atoms with van der Waals surface area (Å²) >= 11 is 2.08. The first-order chi connectivity index (χ1) is 9.10. The van der Waals surface area contributed by atoms with Gasteiger partial charge in [0.2, 0.25) is 0 Å². The number of hydrogen-bond acceptors (Lipinski definition) is 4. The fourth-order valence-electron chi connectivity index (χ4n) is 2.67. The van der Waals surface area contributed by atoms with Crippen molar-refractivity contribution in [3.05, 3.63) is 23.4 Å². The summed E-state index contributed by atoms with van der Waals surface area (Å²) in [7, 11) is 0. The third kappa shape index (κ3) is 3.86. The van der Waals surface area contributed by atoms with Gasteiger partial charge in [0.1, 0.15) is 5.82 Å². The largest absolute Gasteiger partial charge is 0.354 e. The van der Waals surface area contributed by atoms with E-state index in [1.54, 1.807) is 0 Å². The molecule has 1 saturated heterocycles. The monoisotopic (exact) mass is 279 g/mol. The molecule has 0 bridgehead atoms. The summed E-state index contributed by atoms with van der Waals surface area (Å²) < 4.78 is 0. The number of aryl methyl sites for hydroxylation is 1. The maximum atomic E-state index is 4.70. The first-order valence-corrected chi connectivity index (χ1v) is 8.11. The molecule has 1 fully saturated rings. The highest BCUT2D eigenvalue weighted by atomic mass is 32.2. The van der Waals surface area contributed by atoms with Gasteiger partial charge < -0.3 is 10.2 Å². The Bertz CT molecular complexity index is 412. The van der Waals surface area contributed by atoms with Crippen molar-refractivity contribution in [1.82, 2.24) is 10.3 Å². The lowest BCUT2D eigenvalue weighted by Gasteiger charge is -2.36. The third-order valence-electron chi connectivity index (χ3n) is 3.41. The number of nitrogens with one attached hydrogen (secondary N) is 1. The topological polar surface area (TPSA) is 28.2 Å². The fourth-order valence-corrected chi connectivity index (χ4v) is 4.00. The second-order valence-corrected chi connectivity index (χ2v) is 7.31. The van der Waals surface area contributed by atoms with Crippen LogP contribution in [0, 0.1) is 6.92 Å². The van der Waals surface area contributed by atoms with E-state index in [0.29, 0.717) is 10.5 Å². The molecule has 0 aliphatic carbocycles. The molecule has 4 heteroatoms. The van der Waals surface area contributed by atoms with E-state index in [1.807, 2.05) is 6.20 Å². The van der Waals surface area contributed by atoms with E-state index in [1.165, 1.54) is 16.9 Å². The molecular formula is C15H25N3S. The average molecular weight is 279 g/mol. The van der Waals surface area contributed by atoms with Gasteiger partial charge >= 0.3 is 0 Å². The minimum Gasteiger partial charge on any atom is -0.354 e. The number of thioether (sulfide) groups is 1. The molecule has 1 N–H and O–H groups in total. The number of hydrogen-bond donors (Lipinski definition) is 1. The second kappa shape index (κ2) is 6.62. The van der Waals surface area contributed by atoms with E-state index in [2.05, 4.69) is 55.7 Å². The van der Waals surface area contributed by atoms with Gasteiger partial charge in [-0.2, -0.15) is 11.8 Å². The van der Waals surface area contributed by atoms with Crippen LogP contribution in [0.4, 0.5) is 5.82 Å². The van der Waals surface area contributed by atoms with E-state index < -0.39 is 0 Å². The molecule has 0 amide bonds. The summed E-state index contributed by atoms with van der Waals surface area (Å²) in [5.41, 5.74) is 2.57. The normalized spacial score (nSPS) is 23.7. The number of anilines is 1. The van der Waals surface area contributed by atoms with Crippen molar-refractivity contribution in [2.45, 2.75) is 44.7 Å². The van der Waals surface area contributed by atoms with E-state index >= 15 is 0 Å². The maximum Gasteiger partial charge on any atom is 0.131 e. The van der Waals surface area contributed by atoms with Crippen LogP contribution in [0.15, 0.2) is 12.3 Å². The quantitative estimate of drug-likeness (QED) is 0.917. The van der Waals surface area contributed by atoms with Crippen molar-refractivity contribution in [3.63, 3.8) is 0 Å². The third-order valence-corrected chi connectivity index (χ3v) is 4.63. The standard InChI is InChI=1S/C15H25N3S/c1-5-16-7-14-6-11(2)15(17-8-14)18-9-12(3)19-13(4)10-18/h6,8,12-13,16H,5,7,9-10H2,1-4H3. The lowest BCUT2D eigenvalue weighted by Crippen LogP contribution is -2.41. The van der Waals surface area contributed by atoms with Crippen molar-refractivity contribution >= 4 is 17.6 Å². The lowest BCUT2D eigenvalue weighted by molar-refractivity contribution is 0.707. The molecule has 106 valence electrons. The van der Waals surface area contributed by atoms with Crippen molar-refractivity contribution in [2.24, 2.45) is 0 Å². The SMILES string of the molecule is CCNCc1cnc(N2CC(C)SC(C)C2)c(C)c1. The van der Waals surface area contributed by atoms with E-state index in [4.69, 9.17) is 4.98 Å².